The van der Waals surface area contributed by atoms with E-state index in [-0.39, 0.29) is 16.7 Å². The van der Waals surface area contributed by atoms with Crippen LogP contribution in [0.2, 0.25) is 0 Å². The predicted molar refractivity (Wildman–Crippen MR) is 127 cm³/mol. The zero-order chi connectivity index (χ0) is 23.1. The van der Waals surface area contributed by atoms with Crippen molar-refractivity contribution in [1.82, 2.24) is 0 Å². The summed E-state index contributed by atoms with van der Waals surface area (Å²) in [5, 5.41) is 7.37. The molecule has 4 rings (SSSR count). The second kappa shape index (κ2) is 8.03. The van der Waals surface area contributed by atoms with E-state index < -0.39 is 11.4 Å². The van der Waals surface area contributed by atoms with Crippen LogP contribution in [0, 0.1) is 16.2 Å². The summed E-state index contributed by atoms with van der Waals surface area (Å²) >= 11 is 3.36. The third kappa shape index (κ3) is 3.43. The molecule has 0 aromatic heterocycles. The highest BCUT2D eigenvalue weighted by molar-refractivity contribution is 9.10. The largest absolute Gasteiger partial charge is 0.497 e. The predicted octanol–water partition coefficient (Wildman–Crippen LogP) is 5.83. The first-order valence-electron chi connectivity index (χ1n) is 10.6. The third-order valence-electron chi connectivity index (χ3n) is 7.83. The summed E-state index contributed by atoms with van der Waals surface area (Å²) in [7, 11) is 1.61. The SMILES string of the molecule is COc1ccc(NC(=O)C23CCC(C)(C(=NOC(=O)c4ccc(Br)cc4)C2)C3(C)C)cc1. The Morgan fingerprint density at radius 3 is 2.28 bits per heavy atom. The van der Waals surface area contributed by atoms with Gasteiger partial charge in [-0.1, -0.05) is 41.9 Å². The molecule has 6 nitrogen and oxygen atoms in total. The molecule has 0 spiro atoms. The minimum atomic E-state index is -0.621. The van der Waals surface area contributed by atoms with Gasteiger partial charge in [-0.05, 0) is 66.8 Å². The van der Waals surface area contributed by atoms with E-state index in [2.05, 4.69) is 47.2 Å². The lowest BCUT2D eigenvalue weighted by Crippen LogP contribution is -2.43. The van der Waals surface area contributed by atoms with Gasteiger partial charge in [0, 0.05) is 22.0 Å². The lowest BCUT2D eigenvalue weighted by molar-refractivity contribution is -0.130. The maximum absolute atomic E-state index is 13.5. The number of hydrogen-bond acceptors (Lipinski definition) is 5. The summed E-state index contributed by atoms with van der Waals surface area (Å²) in [5.41, 5.74) is 0.622. The van der Waals surface area contributed by atoms with Crippen LogP contribution in [0.5, 0.6) is 5.75 Å². The molecule has 32 heavy (non-hydrogen) atoms. The molecule has 2 aromatic carbocycles. The van der Waals surface area contributed by atoms with Crippen molar-refractivity contribution in [1.29, 1.82) is 0 Å². The lowest BCUT2D eigenvalue weighted by Gasteiger charge is -2.39. The highest BCUT2D eigenvalue weighted by atomic mass is 79.9. The van der Waals surface area contributed by atoms with E-state index in [0.29, 0.717) is 12.0 Å². The molecule has 7 heteroatoms. The molecule has 2 bridgehead atoms. The zero-order valence-electron chi connectivity index (χ0n) is 18.7. The molecular weight excluding hydrogens is 472 g/mol. The van der Waals surface area contributed by atoms with Gasteiger partial charge in [0.1, 0.15) is 5.75 Å². The van der Waals surface area contributed by atoms with Gasteiger partial charge >= 0.3 is 5.97 Å². The van der Waals surface area contributed by atoms with Crippen molar-refractivity contribution in [3.8, 4) is 5.75 Å². The van der Waals surface area contributed by atoms with Gasteiger partial charge in [-0.3, -0.25) is 4.79 Å². The minimum absolute atomic E-state index is 0.0270. The number of halogens is 1. The van der Waals surface area contributed by atoms with Gasteiger partial charge in [-0.2, -0.15) is 0 Å². The number of benzene rings is 2. The van der Waals surface area contributed by atoms with Crippen LogP contribution in [0.3, 0.4) is 0 Å². The van der Waals surface area contributed by atoms with Crippen LogP contribution >= 0.6 is 15.9 Å². The van der Waals surface area contributed by atoms with Gasteiger partial charge in [0.25, 0.3) is 0 Å². The molecule has 2 aliphatic rings. The Kier molecular flexibility index (Phi) is 5.65. The van der Waals surface area contributed by atoms with Gasteiger partial charge in [0.15, 0.2) is 0 Å². The Morgan fingerprint density at radius 1 is 1.00 bits per heavy atom. The van der Waals surface area contributed by atoms with Gasteiger partial charge in [-0.15, -0.1) is 0 Å². The molecule has 1 amide bonds. The summed E-state index contributed by atoms with van der Waals surface area (Å²) in [4.78, 5) is 31.3. The van der Waals surface area contributed by atoms with E-state index in [1.807, 2.05) is 24.3 Å². The number of ether oxygens (including phenoxy) is 1. The van der Waals surface area contributed by atoms with E-state index in [1.165, 1.54) is 0 Å². The number of nitrogens with one attached hydrogen (secondary N) is 1. The molecule has 1 N–H and O–H groups in total. The van der Waals surface area contributed by atoms with Crippen LogP contribution in [0.25, 0.3) is 0 Å². The highest BCUT2D eigenvalue weighted by Crippen LogP contribution is 2.71. The van der Waals surface area contributed by atoms with Crippen LogP contribution in [0.4, 0.5) is 5.69 Å². The zero-order valence-corrected chi connectivity index (χ0v) is 20.3. The van der Waals surface area contributed by atoms with E-state index in [9.17, 15) is 9.59 Å². The smallest absolute Gasteiger partial charge is 0.365 e. The number of rotatable bonds is 5. The Bertz CT molecular complexity index is 1080. The number of nitrogens with zero attached hydrogens (tertiary/aromatic N) is 1. The monoisotopic (exact) mass is 498 g/mol. The molecular formula is C25H27BrN2O4. The Morgan fingerprint density at radius 2 is 1.66 bits per heavy atom. The lowest BCUT2D eigenvalue weighted by atomic mass is 9.64. The van der Waals surface area contributed by atoms with Crippen LogP contribution in [-0.2, 0) is 9.63 Å². The van der Waals surface area contributed by atoms with Crippen LogP contribution in [-0.4, -0.2) is 24.7 Å². The fourth-order valence-electron chi connectivity index (χ4n) is 5.18. The number of anilines is 1. The second-order valence-corrected chi connectivity index (χ2v) is 10.2. The fourth-order valence-corrected chi connectivity index (χ4v) is 5.45. The normalized spacial score (nSPS) is 26.7. The minimum Gasteiger partial charge on any atom is -0.497 e. The first-order chi connectivity index (χ1) is 15.1. The van der Waals surface area contributed by atoms with Crippen molar-refractivity contribution in [3.63, 3.8) is 0 Å². The summed E-state index contributed by atoms with van der Waals surface area (Å²) in [6.07, 6.45) is 2.04. The summed E-state index contributed by atoms with van der Waals surface area (Å²) in [5.74, 6) is 0.199. The standard InChI is InChI=1S/C25H27BrN2O4/c1-23(2)24(3)13-14-25(23,22(30)27-18-9-11-19(31-4)12-10-18)15-20(24)28-32-21(29)16-5-7-17(26)8-6-16/h5-12H,13-15H2,1-4H3,(H,27,30). The Hall–Kier alpha value is -2.67. The molecule has 0 heterocycles. The van der Waals surface area contributed by atoms with E-state index >= 15 is 0 Å². The number of amides is 1. The van der Waals surface area contributed by atoms with Crippen molar-refractivity contribution < 1.29 is 19.2 Å². The molecule has 2 aliphatic carbocycles. The first kappa shape index (κ1) is 22.5. The molecule has 2 atom stereocenters. The maximum Gasteiger partial charge on any atom is 0.365 e. The number of carbonyl (C=O) groups excluding carboxylic acids is 2. The van der Waals surface area contributed by atoms with Gasteiger partial charge in [-0.25, -0.2) is 4.79 Å². The fraction of sp³-hybridized carbons (Fsp3) is 0.400. The molecule has 0 radical (unpaired) electrons. The number of hydrogen-bond donors (Lipinski definition) is 1. The summed E-state index contributed by atoms with van der Waals surface area (Å²) in [6, 6.07) is 14.2. The molecule has 0 aliphatic heterocycles. The average molecular weight is 499 g/mol. The van der Waals surface area contributed by atoms with Crippen LogP contribution in [0.15, 0.2) is 58.2 Å². The number of oxime groups is 1. The van der Waals surface area contributed by atoms with Gasteiger partial charge in [0.05, 0.1) is 23.8 Å². The van der Waals surface area contributed by atoms with Gasteiger partial charge < -0.3 is 14.9 Å². The molecule has 2 saturated carbocycles. The van der Waals surface area contributed by atoms with Crippen molar-refractivity contribution >= 4 is 39.2 Å². The second-order valence-electron chi connectivity index (χ2n) is 9.32. The topological polar surface area (TPSA) is 77.0 Å². The third-order valence-corrected chi connectivity index (χ3v) is 8.36. The first-order valence-corrected chi connectivity index (χ1v) is 11.4. The Balaban J connectivity index is 1.56. The molecule has 2 aromatic rings. The Labute approximate surface area is 196 Å². The molecule has 2 unspecified atom stereocenters. The molecule has 168 valence electrons. The van der Waals surface area contributed by atoms with E-state index in [0.717, 1.165) is 34.5 Å². The van der Waals surface area contributed by atoms with Crippen LogP contribution in [0.1, 0.15) is 50.4 Å². The summed E-state index contributed by atoms with van der Waals surface area (Å²) in [6.45, 7) is 6.36. The van der Waals surface area contributed by atoms with Crippen molar-refractivity contribution in [3.05, 3.63) is 58.6 Å². The van der Waals surface area contributed by atoms with Gasteiger partial charge in [0.2, 0.25) is 5.91 Å². The van der Waals surface area contributed by atoms with E-state index in [1.54, 1.807) is 31.4 Å². The van der Waals surface area contributed by atoms with Crippen LogP contribution < -0.4 is 10.1 Å². The quantitative estimate of drug-likeness (QED) is 0.415. The molecule has 0 saturated heterocycles. The number of fused-ring (bicyclic) bond motifs is 2. The maximum atomic E-state index is 13.5. The van der Waals surface area contributed by atoms with Crippen molar-refractivity contribution in [2.24, 2.45) is 21.4 Å². The highest BCUT2D eigenvalue weighted by Gasteiger charge is 2.71. The van der Waals surface area contributed by atoms with E-state index in [4.69, 9.17) is 9.57 Å². The summed E-state index contributed by atoms with van der Waals surface area (Å²) < 4.78 is 6.08. The average Bonchev–Trinajstić information content (AvgIpc) is 3.09. The number of methoxy groups -OCH3 is 1. The number of carbonyl (C=O) groups is 2. The van der Waals surface area contributed by atoms with Crippen molar-refractivity contribution in [2.75, 3.05) is 12.4 Å². The molecule has 2 fully saturated rings. The van der Waals surface area contributed by atoms with Crippen molar-refractivity contribution in [2.45, 2.75) is 40.0 Å².